The summed E-state index contributed by atoms with van der Waals surface area (Å²) in [7, 11) is 0. The van der Waals surface area contributed by atoms with Gasteiger partial charge in [-0.15, -0.1) is 12.3 Å². The number of rotatable bonds is 4. The second-order valence-corrected chi connectivity index (χ2v) is 4.32. The molecule has 0 atom stereocenters. The molecule has 0 aliphatic heterocycles. The molecule has 0 saturated heterocycles. The SMILES string of the molecule is C#CCC(F)(F)[C]CCC(C)(C)C. The number of halogens is 2. The highest BCUT2D eigenvalue weighted by Gasteiger charge is 2.28. The van der Waals surface area contributed by atoms with Crippen molar-refractivity contribution >= 4 is 0 Å². The number of hydrogen-bond donors (Lipinski definition) is 0. The minimum atomic E-state index is -2.92. The van der Waals surface area contributed by atoms with Gasteiger partial charge in [-0.1, -0.05) is 20.8 Å². The summed E-state index contributed by atoms with van der Waals surface area (Å²) in [5.41, 5.74) is 0.0687. The van der Waals surface area contributed by atoms with Gasteiger partial charge in [0.25, 0.3) is 5.92 Å². The Morgan fingerprint density at radius 3 is 2.15 bits per heavy atom. The van der Waals surface area contributed by atoms with Gasteiger partial charge in [-0.2, -0.15) is 0 Å². The largest absolute Gasteiger partial charge is 0.265 e. The van der Waals surface area contributed by atoms with Crippen molar-refractivity contribution in [2.24, 2.45) is 5.41 Å². The average molecular weight is 186 g/mol. The van der Waals surface area contributed by atoms with Crippen molar-refractivity contribution < 1.29 is 8.78 Å². The molecule has 0 nitrogen and oxygen atoms in total. The molecule has 0 aromatic carbocycles. The van der Waals surface area contributed by atoms with Crippen molar-refractivity contribution in [1.29, 1.82) is 0 Å². The summed E-state index contributed by atoms with van der Waals surface area (Å²) in [6.07, 6.45) is 7.39. The quantitative estimate of drug-likeness (QED) is 0.589. The van der Waals surface area contributed by atoms with Crippen molar-refractivity contribution in [2.75, 3.05) is 0 Å². The molecular weight excluding hydrogens is 170 g/mol. The van der Waals surface area contributed by atoms with Crippen LogP contribution in [0.4, 0.5) is 8.78 Å². The molecule has 0 amide bonds. The average Bonchev–Trinajstić information content (AvgIpc) is 1.82. The number of alkyl halides is 2. The van der Waals surface area contributed by atoms with E-state index in [0.29, 0.717) is 6.42 Å². The van der Waals surface area contributed by atoms with E-state index < -0.39 is 12.3 Å². The summed E-state index contributed by atoms with van der Waals surface area (Å²) in [6.45, 7) is 6.02. The van der Waals surface area contributed by atoms with E-state index in [1.165, 1.54) is 0 Å². The van der Waals surface area contributed by atoms with Crippen LogP contribution in [0.2, 0.25) is 0 Å². The summed E-state index contributed by atoms with van der Waals surface area (Å²) < 4.78 is 25.5. The molecule has 0 N–H and O–H groups in total. The Labute approximate surface area is 79.7 Å². The van der Waals surface area contributed by atoms with Gasteiger partial charge in [0.15, 0.2) is 0 Å². The molecule has 0 aromatic rings. The van der Waals surface area contributed by atoms with Gasteiger partial charge in [0.2, 0.25) is 0 Å². The first kappa shape index (κ1) is 12.4. The van der Waals surface area contributed by atoms with Crippen LogP contribution in [0.3, 0.4) is 0 Å². The summed E-state index contributed by atoms with van der Waals surface area (Å²) >= 11 is 0. The van der Waals surface area contributed by atoms with Crippen LogP contribution in [0.15, 0.2) is 0 Å². The smallest absolute Gasteiger partial charge is 0.205 e. The zero-order valence-corrected chi connectivity index (χ0v) is 8.45. The van der Waals surface area contributed by atoms with Crippen LogP contribution >= 0.6 is 0 Å². The van der Waals surface area contributed by atoms with Gasteiger partial charge in [0.05, 0.1) is 12.8 Å². The first-order valence-electron chi connectivity index (χ1n) is 4.33. The maximum Gasteiger partial charge on any atom is 0.265 e. The van der Waals surface area contributed by atoms with Crippen LogP contribution in [0.1, 0.15) is 40.0 Å². The lowest BCUT2D eigenvalue weighted by Crippen LogP contribution is -2.17. The summed E-state index contributed by atoms with van der Waals surface area (Å²) in [6, 6.07) is 0. The van der Waals surface area contributed by atoms with Crippen molar-refractivity contribution in [1.82, 2.24) is 0 Å². The number of terminal acetylenes is 1. The Morgan fingerprint density at radius 1 is 1.23 bits per heavy atom. The molecule has 0 aromatic heterocycles. The van der Waals surface area contributed by atoms with Crippen LogP contribution in [0.5, 0.6) is 0 Å². The molecule has 0 saturated carbocycles. The molecule has 0 rings (SSSR count). The van der Waals surface area contributed by atoms with E-state index in [9.17, 15) is 8.78 Å². The lowest BCUT2D eigenvalue weighted by Gasteiger charge is -2.19. The normalized spacial score (nSPS) is 12.6. The second-order valence-electron chi connectivity index (χ2n) is 4.32. The highest BCUT2D eigenvalue weighted by molar-refractivity contribution is 4.97. The molecule has 0 spiro atoms. The summed E-state index contributed by atoms with van der Waals surface area (Å²) in [4.78, 5) is 0. The van der Waals surface area contributed by atoms with Gasteiger partial charge in [0.1, 0.15) is 0 Å². The van der Waals surface area contributed by atoms with Gasteiger partial charge in [-0.3, -0.25) is 0 Å². The van der Waals surface area contributed by atoms with Crippen LogP contribution in [-0.4, -0.2) is 5.92 Å². The van der Waals surface area contributed by atoms with Crippen LogP contribution in [0, 0.1) is 24.2 Å². The van der Waals surface area contributed by atoms with Crippen molar-refractivity contribution in [2.45, 2.75) is 46.0 Å². The minimum absolute atomic E-state index is 0.0687. The van der Waals surface area contributed by atoms with Crippen molar-refractivity contribution in [3.63, 3.8) is 0 Å². The van der Waals surface area contributed by atoms with Gasteiger partial charge in [0, 0.05) is 0 Å². The monoisotopic (exact) mass is 186 g/mol. The lowest BCUT2D eigenvalue weighted by molar-refractivity contribution is 0.0376. The van der Waals surface area contributed by atoms with E-state index >= 15 is 0 Å². The summed E-state index contributed by atoms with van der Waals surface area (Å²) in [5, 5.41) is 0. The maximum absolute atomic E-state index is 12.7. The molecule has 0 bridgehead atoms. The molecule has 2 heteroatoms. The maximum atomic E-state index is 12.7. The second kappa shape index (κ2) is 4.60. The van der Waals surface area contributed by atoms with E-state index in [1.54, 1.807) is 0 Å². The fourth-order valence-corrected chi connectivity index (χ4v) is 0.811. The molecule has 2 radical (unpaired) electrons. The zero-order chi connectivity index (χ0) is 10.5. The highest BCUT2D eigenvalue weighted by atomic mass is 19.3. The van der Waals surface area contributed by atoms with Gasteiger partial charge < -0.3 is 0 Å². The summed E-state index contributed by atoms with van der Waals surface area (Å²) in [5.74, 6) is -0.974. The molecule has 0 unspecified atom stereocenters. The Kier molecular flexibility index (Phi) is 4.39. The van der Waals surface area contributed by atoms with Crippen LogP contribution < -0.4 is 0 Å². The molecule has 0 aliphatic rings. The van der Waals surface area contributed by atoms with Gasteiger partial charge in [-0.05, 0) is 18.3 Å². The Morgan fingerprint density at radius 2 is 1.77 bits per heavy atom. The minimum Gasteiger partial charge on any atom is -0.205 e. The fourth-order valence-electron chi connectivity index (χ4n) is 0.811. The van der Waals surface area contributed by atoms with Crippen molar-refractivity contribution in [3.05, 3.63) is 6.42 Å². The van der Waals surface area contributed by atoms with E-state index in [4.69, 9.17) is 6.42 Å². The van der Waals surface area contributed by atoms with Crippen LogP contribution in [-0.2, 0) is 0 Å². The zero-order valence-electron chi connectivity index (χ0n) is 8.45. The van der Waals surface area contributed by atoms with Crippen LogP contribution in [0.25, 0.3) is 0 Å². The molecule has 13 heavy (non-hydrogen) atoms. The first-order valence-corrected chi connectivity index (χ1v) is 4.33. The Hall–Kier alpha value is -0.580. The van der Waals surface area contributed by atoms with E-state index in [0.717, 1.165) is 0 Å². The third kappa shape index (κ3) is 7.77. The van der Waals surface area contributed by atoms with E-state index in [2.05, 4.69) is 6.42 Å². The predicted octanol–water partition coefficient (Wildman–Crippen LogP) is 3.55. The molecule has 0 heterocycles. The van der Waals surface area contributed by atoms with Crippen molar-refractivity contribution in [3.8, 4) is 12.3 Å². The molecular formula is C11H16F2. The predicted molar refractivity (Wildman–Crippen MR) is 50.3 cm³/mol. The van der Waals surface area contributed by atoms with Gasteiger partial charge >= 0.3 is 0 Å². The number of hydrogen-bond acceptors (Lipinski definition) is 0. The standard InChI is InChI=1S/C11H16F2/c1-5-7-11(12,13)9-6-8-10(2,3)4/h1H,6-8H2,2-4H3. The third-order valence-electron chi connectivity index (χ3n) is 1.58. The first-order chi connectivity index (χ1) is 5.77. The Bertz CT molecular complexity index is 181. The molecule has 0 aliphatic carbocycles. The molecule has 74 valence electrons. The van der Waals surface area contributed by atoms with Gasteiger partial charge in [-0.25, -0.2) is 8.78 Å². The highest BCUT2D eigenvalue weighted by Crippen LogP contribution is 2.28. The Balaban J connectivity index is 3.71. The fraction of sp³-hybridized carbons (Fsp3) is 0.727. The third-order valence-corrected chi connectivity index (χ3v) is 1.58. The lowest BCUT2D eigenvalue weighted by atomic mass is 9.89. The topological polar surface area (TPSA) is 0 Å². The molecule has 0 fully saturated rings. The van der Waals surface area contributed by atoms with E-state index in [-0.39, 0.29) is 11.8 Å². The van der Waals surface area contributed by atoms with E-state index in [1.807, 2.05) is 26.7 Å².